The molecule has 9 heteroatoms. The Hall–Kier alpha value is -2.54. The van der Waals surface area contributed by atoms with E-state index in [4.69, 9.17) is 14.8 Å². The van der Waals surface area contributed by atoms with Gasteiger partial charge in [0.05, 0.1) is 12.8 Å². The number of hydrogen-bond acceptors (Lipinski definition) is 6. The van der Waals surface area contributed by atoms with Gasteiger partial charge in [0.15, 0.2) is 0 Å². The molecular formula is C11H13N5O4. The van der Waals surface area contributed by atoms with Crippen molar-refractivity contribution in [3.8, 4) is 0 Å². The first-order valence-corrected chi connectivity index (χ1v) is 6.10. The maximum atomic E-state index is 11.9. The monoisotopic (exact) mass is 279 g/mol. The van der Waals surface area contributed by atoms with E-state index in [1.54, 1.807) is 6.92 Å². The van der Waals surface area contributed by atoms with E-state index in [0.29, 0.717) is 6.54 Å². The van der Waals surface area contributed by atoms with Gasteiger partial charge in [-0.05, 0) is 18.4 Å². The number of esters is 1. The first-order valence-electron chi connectivity index (χ1n) is 6.10. The zero-order valence-electron chi connectivity index (χ0n) is 10.9. The van der Waals surface area contributed by atoms with Crippen molar-refractivity contribution in [2.75, 3.05) is 24.6 Å². The van der Waals surface area contributed by atoms with Gasteiger partial charge in [-0.25, -0.2) is 4.79 Å². The summed E-state index contributed by atoms with van der Waals surface area (Å²) in [4.78, 5) is 27.6. The molecule has 0 radical (unpaired) electrons. The lowest BCUT2D eigenvalue weighted by Gasteiger charge is -2.13. The highest BCUT2D eigenvalue weighted by Gasteiger charge is 2.35. The zero-order valence-corrected chi connectivity index (χ0v) is 10.9. The molecular weight excluding hydrogens is 266 g/mol. The lowest BCUT2D eigenvalue weighted by Crippen LogP contribution is -2.26. The molecule has 0 N–H and O–H groups in total. The second-order valence-corrected chi connectivity index (χ2v) is 4.25. The van der Waals surface area contributed by atoms with Crippen LogP contribution in [0.3, 0.4) is 0 Å². The van der Waals surface area contributed by atoms with E-state index in [0.717, 1.165) is 0 Å². The number of hydrogen-bond donors (Lipinski definition) is 0. The van der Waals surface area contributed by atoms with Crippen LogP contribution in [-0.4, -0.2) is 36.7 Å². The van der Waals surface area contributed by atoms with Crippen LogP contribution in [0.4, 0.5) is 5.88 Å². The molecule has 1 aromatic heterocycles. The minimum atomic E-state index is -0.588. The summed E-state index contributed by atoms with van der Waals surface area (Å²) in [6.45, 7) is 2.44. The highest BCUT2D eigenvalue weighted by atomic mass is 16.5. The van der Waals surface area contributed by atoms with Crippen molar-refractivity contribution < 1.29 is 18.8 Å². The minimum Gasteiger partial charge on any atom is -0.462 e. The van der Waals surface area contributed by atoms with E-state index in [2.05, 4.69) is 15.2 Å². The largest absolute Gasteiger partial charge is 0.462 e. The summed E-state index contributed by atoms with van der Waals surface area (Å²) in [5, 5.41) is 6.99. The average molecular weight is 279 g/mol. The molecule has 1 fully saturated rings. The Morgan fingerprint density at radius 1 is 1.75 bits per heavy atom. The first kappa shape index (κ1) is 13.9. The molecule has 0 aromatic carbocycles. The molecule has 1 unspecified atom stereocenters. The molecule has 2 heterocycles. The fourth-order valence-electron chi connectivity index (χ4n) is 2.03. The summed E-state index contributed by atoms with van der Waals surface area (Å²) in [5.41, 5.74) is 8.40. The fourth-order valence-corrected chi connectivity index (χ4v) is 2.03. The van der Waals surface area contributed by atoms with Gasteiger partial charge in [0.25, 0.3) is 0 Å². The molecule has 9 nitrogen and oxygen atoms in total. The molecule has 1 aliphatic rings. The number of carbonyl (C=O) groups is 2. The SMILES string of the molecule is CCOC(=O)c1cnoc1N1CC(CN=[N+]=[N-])CC1=O. The van der Waals surface area contributed by atoms with Crippen molar-refractivity contribution in [1.82, 2.24) is 5.16 Å². The number of ether oxygens (including phenoxy) is 1. The van der Waals surface area contributed by atoms with E-state index >= 15 is 0 Å². The predicted octanol–water partition coefficient (Wildman–Crippen LogP) is 1.51. The zero-order chi connectivity index (χ0) is 14.5. The van der Waals surface area contributed by atoms with E-state index in [1.165, 1.54) is 11.1 Å². The number of rotatable bonds is 5. The molecule has 20 heavy (non-hydrogen) atoms. The second-order valence-electron chi connectivity index (χ2n) is 4.25. The number of carbonyl (C=O) groups excluding carboxylic acids is 2. The minimum absolute atomic E-state index is 0.0805. The van der Waals surface area contributed by atoms with Crippen LogP contribution in [-0.2, 0) is 9.53 Å². The molecule has 0 spiro atoms. The van der Waals surface area contributed by atoms with Gasteiger partial charge in [0, 0.05) is 24.4 Å². The van der Waals surface area contributed by atoms with E-state index in [9.17, 15) is 9.59 Å². The fraction of sp³-hybridized carbons (Fsp3) is 0.545. The molecule has 1 saturated heterocycles. The van der Waals surface area contributed by atoms with Crippen molar-refractivity contribution in [1.29, 1.82) is 0 Å². The molecule has 106 valence electrons. The Morgan fingerprint density at radius 2 is 2.55 bits per heavy atom. The standard InChI is InChI=1S/C11H13N5O4/c1-2-19-11(18)8-5-14-20-10(8)16-6-7(3-9(16)17)4-13-15-12/h5,7H,2-4,6H2,1H3. The van der Waals surface area contributed by atoms with Crippen LogP contribution in [0.2, 0.25) is 0 Å². The third kappa shape index (κ3) is 2.72. The Bertz CT molecular complexity index is 563. The third-order valence-corrected chi connectivity index (χ3v) is 2.90. The van der Waals surface area contributed by atoms with E-state index < -0.39 is 5.97 Å². The maximum Gasteiger partial charge on any atom is 0.345 e. The Morgan fingerprint density at radius 3 is 3.25 bits per heavy atom. The van der Waals surface area contributed by atoms with Gasteiger partial charge in [-0.2, -0.15) is 0 Å². The van der Waals surface area contributed by atoms with Crippen molar-refractivity contribution in [3.63, 3.8) is 0 Å². The Labute approximate surface area is 114 Å². The van der Waals surface area contributed by atoms with Crippen molar-refractivity contribution in [2.45, 2.75) is 13.3 Å². The summed E-state index contributed by atoms with van der Waals surface area (Å²) in [6.07, 6.45) is 1.46. The smallest absolute Gasteiger partial charge is 0.345 e. The lowest BCUT2D eigenvalue weighted by atomic mass is 10.1. The number of aromatic nitrogens is 1. The molecule has 0 aliphatic carbocycles. The summed E-state index contributed by atoms with van der Waals surface area (Å²) >= 11 is 0. The molecule has 2 rings (SSSR count). The number of azide groups is 1. The van der Waals surface area contributed by atoms with Crippen molar-refractivity contribution in [3.05, 3.63) is 22.2 Å². The second kappa shape index (κ2) is 6.07. The van der Waals surface area contributed by atoms with Gasteiger partial charge < -0.3 is 9.26 Å². The van der Waals surface area contributed by atoms with E-state index in [-0.39, 0.29) is 42.8 Å². The average Bonchev–Trinajstić information content (AvgIpc) is 3.02. The number of nitrogens with zero attached hydrogens (tertiary/aromatic N) is 5. The maximum absolute atomic E-state index is 11.9. The van der Waals surface area contributed by atoms with Gasteiger partial charge in [-0.1, -0.05) is 10.3 Å². The third-order valence-electron chi connectivity index (χ3n) is 2.90. The number of anilines is 1. The highest BCUT2D eigenvalue weighted by Crippen LogP contribution is 2.28. The van der Waals surface area contributed by atoms with Crippen LogP contribution in [0.5, 0.6) is 0 Å². The topological polar surface area (TPSA) is 121 Å². The molecule has 0 saturated carbocycles. The lowest BCUT2D eigenvalue weighted by molar-refractivity contribution is -0.117. The van der Waals surface area contributed by atoms with Crippen LogP contribution in [0.1, 0.15) is 23.7 Å². The summed E-state index contributed by atoms with van der Waals surface area (Å²) < 4.78 is 9.86. The van der Waals surface area contributed by atoms with Gasteiger partial charge in [-0.15, -0.1) is 0 Å². The molecule has 1 aliphatic heterocycles. The van der Waals surface area contributed by atoms with Crippen LogP contribution in [0.25, 0.3) is 10.4 Å². The quantitative estimate of drug-likeness (QED) is 0.350. The van der Waals surface area contributed by atoms with Gasteiger partial charge >= 0.3 is 5.97 Å². The van der Waals surface area contributed by atoms with Crippen LogP contribution in [0.15, 0.2) is 15.8 Å². The normalized spacial score (nSPS) is 17.9. The molecule has 1 amide bonds. The van der Waals surface area contributed by atoms with Crippen molar-refractivity contribution >= 4 is 17.8 Å². The van der Waals surface area contributed by atoms with Crippen molar-refractivity contribution in [2.24, 2.45) is 11.0 Å². The van der Waals surface area contributed by atoms with Crippen LogP contribution >= 0.6 is 0 Å². The molecule has 1 aromatic rings. The molecule has 0 bridgehead atoms. The summed E-state index contributed by atoms with van der Waals surface area (Å²) in [6, 6.07) is 0. The van der Waals surface area contributed by atoms with Gasteiger partial charge in [0.1, 0.15) is 5.56 Å². The highest BCUT2D eigenvalue weighted by molar-refractivity contribution is 6.01. The molecule has 1 atom stereocenters. The predicted molar refractivity (Wildman–Crippen MR) is 66.9 cm³/mol. The number of amides is 1. The van der Waals surface area contributed by atoms with Crippen LogP contribution < -0.4 is 4.90 Å². The Kier molecular flexibility index (Phi) is 4.21. The first-order chi connectivity index (χ1) is 9.67. The van der Waals surface area contributed by atoms with Gasteiger partial charge in [-0.3, -0.25) is 9.69 Å². The van der Waals surface area contributed by atoms with Gasteiger partial charge in [0.2, 0.25) is 11.8 Å². The summed E-state index contributed by atoms with van der Waals surface area (Å²) in [7, 11) is 0. The van der Waals surface area contributed by atoms with Crippen LogP contribution in [0, 0.1) is 5.92 Å². The Balaban J connectivity index is 2.16. The van der Waals surface area contributed by atoms with E-state index in [1.807, 2.05) is 0 Å². The summed E-state index contributed by atoms with van der Waals surface area (Å²) in [5.74, 6) is -0.809.